The predicted molar refractivity (Wildman–Crippen MR) is 88.6 cm³/mol. The molecule has 0 aliphatic carbocycles. The van der Waals surface area contributed by atoms with Crippen LogP contribution in [0.2, 0.25) is 0 Å². The molecule has 1 saturated heterocycles. The van der Waals surface area contributed by atoms with E-state index in [9.17, 15) is 4.79 Å². The van der Waals surface area contributed by atoms with E-state index >= 15 is 0 Å². The molecular formula is C17H21N5O. The Hall–Kier alpha value is -2.31. The van der Waals surface area contributed by atoms with Gasteiger partial charge < -0.3 is 16.0 Å². The van der Waals surface area contributed by atoms with E-state index in [1.54, 1.807) is 18.5 Å². The van der Waals surface area contributed by atoms with Gasteiger partial charge in [0.2, 0.25) is 5.91 Å². The molecule has 0 bridgehead atoms. The molecule has 1 aromatic heterocycles. The van der Waals surface area contributed by atoms with Crippen molar-refractivity contribution < 1.29 is 4.79 Å². The quantitative estimate of drug-likeness (QED) is 0.775. The highest BCUT2D eigenvalue weighted by Crippen LogP contribution is 2.14. The lowest BCUT2D eigenvalue weighted by Crippen LogP contribution is -2.59. The van der Waals surface area contributed by atoms with Crippen molar-refractivity contribution >= 4 is 5.91 Å². The van der Waals surface area contributed by atoms with Crippen LogP contribution in [-0.4, -0.2) is 41.0 Å². The van der Waals surface area contributed by atoms with E-state index in [0.29, 0.717) is 25.0 Å². The van der Waals surface area contributed by atoms with Gasteiger partial charge in [-0.05, 0) is 18.6 Å². The van der Waals surface area contributed by atoms with Crippen LogP contribution in [-0.2, 0) is 11.3 Å². The van der Waals surface area contributed by atoms with E-state index in [1.807, 2.05) is 24.3 Å². The molecule has 23 heavy (non-hydrogen) atoms. The molecule has 1 fully saturated rings. The van der Waals surface area contributed by atoms with Gasteiger partial charge in [0, 0.05) is 43.6 Å². The van der Waals surface area contributed by atoms with E-state index in [1.165, 1.54) is 0 Å². The van der Waals surface area contributed by atoms with Crippen molar-refractivity contribution in [2.75, 3.05) is 13.1 Å². The molecule has 0 saturated carbocycles. The highest BCUT2D eigenvalue weighted by atomic mass is 16.2. The molecule has 6 heteroatoms. The Labute approximate surface area is 135 Å². The smallest absolute Gasteiger partial charge is 0.238 e. The molecule has 1 aliphatic rings. The maximum absolute atomic E-state index is 12.2. The molecule has 3 rings (SSSR count). The Morgan fingerprint density at radius 3 is 2.65 bits per heavy atom. The van der Waals surface area contributed by atoms with Crippen LogP contribution in [0.1, 0.15) is 12.5 Å². The van der Waals surface area contributed by atoms with Gasteiger partial charge in [-0.3, -0.25) is 4.79 Å². The number of hydrogen-bond donors (Lipinski definition) is 3. The number of aromatic nitrogens is 2. The molecule has 6 nitrogen and oxygen atoms in total. The van der Waals surface area contributed by atoms with Gasteiger partial charge in [-0.15, -0.1) is 0 Å². The Bertz CT molecular complexity index is 644. The Morgan fingerprint density at radius 2 is 1.96 bits per heavy atom. The second-order valence-electron chi connectivity index (χ2n) is 5.77. The fourth-order valence-electron chi connectivity index (χ4n) is 2.61. The highest BCUT2D eigenvalue weighted by Gasteiger charge is 2.23. The van der Waals surface area contributed by atoms with Crippen molar-refractivity contribution in [1.82, 2.24) is 25.9 Å². The summed E-state index contributed by atoms with van der Waals surface area (Å²) >= 11 is 0. The van der Waals surface area contributed by atoms with Gasteiger partial charge in [0.1, 0.15) is 0 Å². The van der Waals surface area contributed by atoms with E-state index in [-0.39, 0.29) is 11.9 Å². The van der Waals surface area contributed by atoms with Gasteiger partial charge in [-0.1, -0.05) is 24.3 Å². The number of benzene rings is 1. The largest absolute Gasteiger partial charge is 0.351 e. The molecule has 0 radical (unpaired) electrons. The number of rotatable bonds is 4. The number of nitrogens with zero attached hydrogens (tertiary/aromatic N) is 2. The second-order valence-corrected chi connectivity index (χ2v) is 5.77. The molecule has 1 aliphatic heterocycles. The average molecular weight is 311 g/mol. The fourth-order valence-corrected chi connectivity index (χ4v) is 2.61. The topological polar surface area (TPSA) is 78.9 Å². The first kappa shape index (κ1) is 15.6. The molecule has 0 spiro atoms. The Morgan fingerprint density at radius 1 is 1.22 bits per heavy atom. The second kappa shape index (κ2) is 7.30. The van der Waals surface area contributed by atoms with Gasteiger partial charge in [-0.2, -0.15) is 0 Å². The minimum atomic E-state index is -0.171. The van der Waals surface area contributed by atoms with E-state index in [2.05, 4.69) is 32.8 Å². The van der Waals surface area contributed by atoms with Crippen LogP contribution < -0.4 is 16.0 Å². The van der Waals surface area contributed by atoms with Gasteiger partial charge >= 0.3 is 0 Å². The lowest BCUT2D eigenvalue weighted by Gasteiger charge is -2.28. The van der Waals surface area contributed by atoms with Gasteiger partial charge in [0.25, 0.3) is 0 Å². The van der Waals surface area contributed by atoms with Crippen molar-refractivity contribution in [2.24, 2.45) is 0 Å². The summed E-state index contributed by atoms with van der Waals surface area (Å²) in [5.41, 5.74) is 2.02. The van der Waals surface area contributed by atoms with E-state index in [4.69, 9.17) is 0 Å². The zero-order valence-electron chi connectivity index (χ0n) is 13.1. The first-order valence-electron chi connectivity index (χ1n) is 7.83. The first-order chi connectivity index (χ1) is 11.2. The molecule has 2 atom stereocenters. The number of carbonyl (C=O) groups excluding carboxylic acids is 1. The molecule has 1 amide bonds. The van der Waals surface area contributed by atoms with Crippen LogP contribution in [0.3, 0.4) is 0 Å². The maximum atomic E-state index is 12.2. The molecule has 120 valence electrons. The van der Waals surface area contributed by atoms with Crippen LogP contribution in [0.25, 0.3) is 11.4 Å². The Balaban J connectivity index is 1.55. The summed E-state index contributed by atoms with van der Waals surface area (Å²) in [4.78, 5) is 20.6. The number of piperazine rings is 1. The molecular weight excluding hydrogens is 290 g/mol. The van der Waals surface area contributed by atoms with Crippen molar-refractivity contribution in [3.05, 3.63) is 48.3 Å². The van der Waals surface area contributed by atoms with E-state index in [0.717, 1.165) is 17.7 Å². The standard InChI is InChI=1S/C17H21N5O/c1-12-9-18-11-15(22-12)17(23)21-10-13-3-5-14(6-4-13)16-19-7-2-8-20-16/h2-8,12,15,18,22H,9-11H2,1H3,(H,21,23). The van der Waals surface area contributed by atoms with Crippen molar-refractivity contribution in [3.63, 3.8) is 0 Å². The summed E-state index contributed by atoms with van der Waals surface area (Å²) in [7, 11) is 0. The fraction of sp³-hybridized carbons (Fsp3) is 0.353. The van der Waals surface area contributed by atoms with Crippen LogP contribution in [0, 0.1) is 0 Å². The van der Waals surface area contributed by atoms with Crippen LogP contribution in [0.4, 0.5) is 0 Å². The van der Waals surface area contributed by atoms with Gasteiger partial charge in [-0.25, -0.2) is 9.97 Å². The normalized spacial score (nSPS) is 20.9. The molecule has 1 aromatic carbocycles. The SMILES string of the molecule is CC1CNCC(C(=O)NCc2ccc(-c3ncccn3)cc2)N1. The van der Waals surface area contributed by atoms with Gasteiger partial charge in [0.15, 0.2) is 5.82 Å². The summed E-state index contributed by atoms with van der Waals surface area (Å²) in [5, 5.41) is 9.52. The summed E-state index contributed by atoms with van der Waals surface area (Å²) < 4.78 is 0. The maximum Gasteiger partial charge on any atom is 0.238 e. The minimum absolute atomic E-state index is 0.0273. The monoisotopic (exact) mass is 311 g/mol. The van der Waals surface area contributed by atoms with Gasteiger partial charge in [0.05, 0.1) is 6.04 Å². The summed E-state index contributed by atoms with van der Waals surface area (Å²) in [5.74, 6) is 0.731. The highest BCUT2D eigenvalue weighted by molar-refractivity contribution is 5.82. The molecule has 2 heterocycles. The average Bonchev–Trinajstić information content (AvgIpc) is 2.61. The lowest BCUT2D eigenvalue weighted by atomic mass is 10.1. The van der Waals surface area contributed by atoms with Crippen LogP contribution in [0.15, 0.2) is 42.7 Å². The predicted octanol–water partition coefficient (Wildman–Crippen LogP) is 0.710. The van der Waals surface area contributed by atoms with Crippen molar-refractivity contribution in [3.8, 4) is 11.4 Å². The minimum Gasteiger partial charge on any atom is -0.351 e. The Kier molecular flexibility index (Phi) is 4.95. The third-order valence-electron chi connectivity index (χ3n) is 3.85. The zero-order chi connectivity index (χ0) is 16.1. The number of amides is 1. The van der Waals surface area contributed by atoms with Crippen molar-refractivity contribution in [1.29, 1.82) is 0 Å². The first-order valence-corrected chi connectivity index (χ1v) is 7.83. The molecule has 2 aromatic rings. The van der Waals surface area contributed by atoms with Crippen molar-refractivity contribution in [2.45, 2.75) is 25.6 Å². The number of hydrogen-bond acceptors (Lipinski definition) is 5. The zero-order valence-corrected chi connectivity index (χ0v) is 13.1. The van der Waals surface area contributed by atoms with Crippen LogP contribution in [0.5, 0.6) is 0 Å². The van der Waals surface area contributed by atoms with Crippen LogP contribution >= 0.6 is 0 Å². The molecule has 3 N–H and O–H groups in total. The lowest BCUT2D eigenvalue weighted by molar-refractivity contribution is -0.123. The number of nitrogens with one attached hydrogen (secondary N) is 3. The third-order valence-corrected chi connectivity index (χ3v) is 3.85. The summed E-state index contributed by atoms with van der Waals surface area (Å²) in [6.07, 6.45) is 3.45. The molecule has 2 unspecified atom stereocenters. The summed E-state index contributed by atoms with van der Waals surface area (Å²) in [6.45, 7) is 4.14. The van der Waals surface area contributed by atoms with E-state index < -0.39 is 0 Å². The third kappa shape index (κ3) is 4.12. The summed E-state index contributed by atoms with van der Waals surface area (Å²) in [6, 6.07) is 9.85. The number of carbonyl (C=O) groups is 1.